The molecule has 1 aliphatic heterocycles. The topological polar surface area (TPSA) is 109 Å². The van der Waals surface area contributed by atoms with Crippen molar-refractivity contribution in [3.63, 3.8) is 0 Å². The van der Waals surface area contributed by atoms with Gasteiger partial charge in [0.25, 0.3) is 0 Å². The number of carbonyl (C=O) groups excluding carboxylic acids is 3. The van der Waals surface area contributed by atoms with Crippen LogP contribution in [0.2, 0.25) is 0 Å². The van der Waals surface area contributed by atoms with Gasteiger partial charge in [0.2, 0.25) is 11.8 Å². The molecule has 134 valence electrons. The van der Waals surface area contributed by atoms with Crippen molar-refractivity contribution >= 4 is 23.7 Å². The zero-order valence-corrected chi connectivity index (χ0v) is 13.9. The van der Waals surface area contributed by atoms with Gasteiger partial charge < -0.3 is 10.1 Å². The number of rotatable bonds is 5. The second-order valence-corrected chi connectivity index (χ2v) is 5.76. The molecule has 26 heavy (non-hydrogen) atoms. The Labute approximate surface area is 150 Å². The summed E-state index contributed by atoms with van der Waals surface area (Å²) in [6.45, 7) is 0.422. The van der Waals surface area contributed by atoms with Crippen molar-refractivity contribution in [2.24, 2.45) is 0 Å². The van der Waals surface area contributed by atoms with Crippen LogP contribution >= 0.6 is 0 Å². The van der Waals surface area contributed by atoms with E-state index in [-0.39, 0.29) is 18.7 Å². The van der Waals surface area contributed by atoms with Crippen molar-refractivity contribution in [3.05, 3.63) is 54.2 Å². The largest absolute Gasteiger partial charge is 0.487 e. The molecule has 1 atom stereocenters. The lowest BCUT2D eigenvalue weighted by atomic mass is 10.1. The Morgan fingerprint density at radius 1 is 1.19 bits per heavy atom. The summed E-state index contributed by atoms with van der Waals surface area (Å²) in [7, 11) is 0. The zero-order chi connectivity index (χ0) is 18.4. The number of nitrogens with one attached hydrogen (secondary N) is 3. The van der Waals surface area contributed by atoms with Gasteiger partial charge in [-0.05, 0) is 24.1 Å². The van der Waals surface area contributed by atoms with Gasteiger partial charge in [0.15, 0.2) is 0 Å². The predicted octanol–water partition coefficient (Wildman–Crippen LogP) is 1.59. The van der Waals surface area contributed by atoms with Crippen LogP contribution in [0.25, 0.3) is 0 Å². The summed E-state index contributed by atoms with van der Waals surface area (Å²) in [5.41, 5.74) is 1.04. The van der Waals surface area contributed by atoms with Crippen LogP contribution in [0.4, 0.5) is 10.6 Å². The molecule has 1 saturated heterocycles. The van der Waals surface area contributed by atoms with Crippen LogP contribution in [0.1, 0.15) is 18.4 Å². The molecule has 0 saturated carbocycles. The molecule has 3 N–H and O–H groups in total. The molecule has 1 aliphatic rings. The molecule has 1 aromatic carbocycles. The van der Waals surface area contributed by atoms with Gasteiger partial charge in [0, 0.05) is 6.42 Å². The van der Waals surface area contributed by atoms with Gasteiger partial charge in [-0.15, -0.1) is 0 Å². The van der Waals surface area contributed by atoms with Gasteiger partial charge in [-0.2, -0.15) is 0 Å². The molecule has 0 unspecified atom stereocenters. The van der Waals surface area contributed by atoms with E-state index in [1.807, 2.05) is 30.3 Å². The molecule has 0 bridgehead atoms. The summed E-state index contributed by atoms with van der Waals surface area (Å²) in [6.07, 6.45) is 1.98. The van der Waals surface area contributed by atoms with E-state index < -0.39 is 18.0 Å². The molecule has 2 heterocycles. The number of pyridine rings is 1. The summed E-state index contributed by atoms with van der Waals surface area (Å²) < 4.78 is 5.62. The van der Waals surface area contributed by atoms with Crippen molar-refractivity contribution in [1.29, 1.82) is 0 Å². The molecule has 0 spiro atoms. The molecule has 1 fully saturated rings. The number of imide groups is 1. The molecule has 4 amide bonds. The highest BCUT2D eigenvalue weighted by Crippen LogP contribution is 2.14. The molecule has 0 aliphatic carbocycles. The number of benzene rings is 1. The number of urea groups is 1. The summed E-state index contributed by atoms with van der Waals surface area (Å²) in [5, 5.41) is 7.23. The lowest BCUT2D eigenvalue weighted by Crippen LogP contribution is -2.53. The lowest BCUT2D eigenvalue weighted by Gasteiger charge is -2.21. The van der Waals surface area contributed by atoms with Gasteiger partial charge in [0.05, 0.1) is 6.20 Å². The lowest BCUT2D eigenvalue weighted by molar-refractivity contribution is -0.134. The number of ether oxygens (including phenoxy) is 1. The van der Waals surface area contributed by atoms with Crippen LogP contribution in [0.3, 0.4) is 0 Å². The first-order chi connectivity index (χ1) is 12.6. The van der Waals surface area contributed by atoms with Gasteiger partial charge >= 0.3 is 6.03 Å². The number of nitrogens with zero attached hydrogens (tertiary/aromatic N) is 1. The molecular formula is C18H18N4O4. The Morgan fingerprint density at radius 3 is 2.69 bits per heavy atom. The molecule has 8 heteroatoms. The van der Waals surface area contributed by atoms with Crippen molar-refractivity contribution in [2.75, 3.05) is 5.32 Å². The Hall–Kier alpha value is -3.42. The first-order valence-electron chi connectivity index (χ1n) is 8.14. The number of anilines is 1. The smallest absolute Gasteiger partial charge is 0.321 e. The fourth-order valence-electron chi connectivity index (χ4n) is 2.42. The van der Waals surface area contributed by atoms with Crippen LogP contribution in [0.15, 0.2) is 48.7 Å². The number of hydrogen-bond donors (Lipinski definition) is 3. The van der Waals surface area contributed by atoms with Gasteiger partial charge in [-0.1, -0.05) is 30.3 Å². The van der Waals surface area contributed by atoms with E-state index in [1.54, 1.807) is 12.1 Å². The number of amides is 4. The quantitative estimate of drug-likeness (QED) is 0.707. The highest BCUT2D eigenvalue weighted by Gasteiger charge is 2.27. The molecule has 2 aromatic rings. The number of piperidine rings is 1. The minimum absolute atomic E-state index is 0.197. The van der Waals surface area contributed by atoms with Crippen LogP contribution in [0.5, 0.6) is 5.75 Å². The molecular weight excluding hydrogens is 336 g/mol. The Bertz CT molecular complexity index is 793. The summed E-state index contributed by atoms with van der Waals surface area (Å²) in [4.78, 5) is 38.8. The Kier molecular flexibility index (Phi) is 5.43. The van der Waals surface area contributed by atoms with Crippen LogP contribution in [0, 0.1) is 0 Å². The summed E-state index contributed by atoms with van der Waals surface area (Å²) in [6, 6.07) is 11.7. The van der Waals surface area contributed by atoms with Gasteiger partial charge in [-0.25, -0.2) is 9.78 Å². The van der Waals surface area contributed by atoms with Crippen LogP contribution < -0.4 is 20.7 Å². The van der Waals surface area contributed by atoms with Crippen LogP contribution in [-0.4, -0.2) is 28.9 Å². The average Bonchev–Trinajstić information content (AvgIpc) is 2.64. The fourth-order valence-corrected chi connectivity index (χ4v) is 2.42. The maximum Gasteiger partial charge on any atom is 0.321 e. The fraction of sp³-hybridized carbons (Fsp3) is 0.222. The van der Waals surface area contributed by atoms with E-state index in [4.69, 9.17) is 4.74 Å². The van der Waals surface area contributed by atoms with Crippen LogP contribution in [-0.2, 0) is 16.2 Å². The molecule has 0 radical (unpaired) electrons. The van der Waals surface area contributed by atoms with Crippen molar-refractivity contribution in [1.82, 2.24) is 15.6 Å². The standard InChI is InChI=1S/C18H18N4O4/c23-16-9-7-14(17(24)22-16)20-18(25)21-15-8-6-13(10-19-15)26-11-12-4-2-1-3-5-12/h1-6,8,10,14H,7,9,11H2,(H,22,23,24)(H2,19,20,21,25)/t14-/m0/s1. The normalized spacial score (nSPS) is 16.5. The van der Waals surface area contributed by atoms with E-state index >= 15 is 0 Å². The van der Waals surface area contributed by atoms with E-state index in [2.05, 4.69) is 20.9 Å². The highest BCUT2D eigenvalue weighted by molar-refractivity contribution is 6.02. The monoisotopic (exact) mass is 354 g/mol. The summed E-state index contributed by atoms with van der Waals surface area (Å²) >= 11 is 0. The number of hydrogen-bond acceptors (Lipinski definition) is 5. The number of carbonyl (C=O) groups is 3. The Balaban J connectivity index is 1.48. The second-order valence-electron chi connectivity index (χ2n) is 5.76. The molecule has 1 aromatic heterocycles. The zero-order valence-electron chi connectivity index (χ0n) is 13.9. The molecule has 3 rings (SSSR count). The molecule has 8 nitrogen and oxygen atoms in total. The highest BCUT2D eigenvalue weighted by atomic mass is 16.5. The third-order valence-electron chi connectivity index (χ3n) is 3.77. The van der Waals surface area contributed by atoms with E-state index in [0.29, 0.717) is 18.2 Å². The third-order valence-corrected chi connectivity index (χ3v) is 3.77. The first kappa shape index (κ1) is 17.4. The predicted molar refractivity (Wildman–Crippen MR) is 93.3 cm³/mol. The van der Waals surface area contributed by atoms with E-state index in [0.717, 1.165) is 5.56 Å². The second kappa shape index (κ2) is 8.11. The van der Waals surface area contributed by atoms with Crippen molar-refractivity contribution < 1.29 is 19.1 Å². The maximum absolute atomic E-state index is 11.9. The van der Waals surface area contributed by atoms with Crippen molar-refractivity contribution in [3.8, 4) is 5.75 Å². The SMILES string of the molecule is O=C1CC[C@H](NC(=O)Nc2ccc(OCc3ccccc3)cn2)C(=O)N1. The van der Waals surface area contributed by atoms with E-state index in [1.165, 1.54) is 6.20 Å². The van der Waals surface area contributed by atoms with E-state index in [9.17, 15) is 14.4 Å². The first-order valence-corrected chi connectivity index (χ1v) is 8.14. The van der Waals surface area contributed by atoms with Gasteiger partial charge in [0.1, 0.15) is 24.2 Å². The summed E-state index contributed by atoms with van der Waals surface area (Å²) in [5.74, 6) is 0.0575. The minimum atomic E-state index is -0.735. The number of aromatic nitrogens is 1. The maximum atomic E-state index is 11.9. The van der Waals surface area contributed by atoms with Crippen molar-refractivity contribution in [2.45, 2.75) is 25.5 Å². The third kappa shape index (κ3) is 4.79. The Morgan fingerprint density at radius 2 is 2.00 bits per heavy atom. The van der Waals surface area contributed by atoms with Gasteiger partial charge in [-0.3, -0.25) is 20.2 Å². The minimum Gasteiger partial charge on any atom is -0.487 e. The average molecular weight is 354 g/mol.